The summed E-state index contributed by atoms with van der Waals surface area (Å²) >= 11 is 5.87. The van der Waals surface area contributed by atoms with Crippen LogP contribution in [0.5, 0.6) is 5.88 Å². The lowest BCUT2D eigenvalue weighted by molar-refractivity contribution is 0.216. The van der Waals surface area contributed by atoms with Crippen molar-refractivity contribution in [3.63, 3.8) is 0 Å². The maximum atomic E-state index is 9.96. The number of aliphatic hydroxyl groups excluding tert-OH is 1. The Morgan fingerprint density at radius 2 is 2.07 bits per heavy atom. The van der Waals surface area contributed by atoms with Gasteiger partial charge in [-0.25, -0.2) is 4.98 Å². The van der Waals surface area contributed by atoms with Crippen LogP contribution in [0.3, 0.4) is 0 Å². The van der Waals surface area contributed by atoms with E-state index in [0.29, 0.717) is 23.0 Å². The molecule has 4 rings (SSSR count). The van der Waals surface area contributed by atoms with Gasteiger partial charge in [0.25, 0.3) is 0 Å². The van der Waals surface area contributed by atoms with Gasteiger partial charge < -0.3 is 14.7 Å². The maximum Gasteiger partial charge on any atom is 0.213 e. The van der Waals surface area contributed by atoms with Crippen LogP contribution in [0.2, 0.25) is 5.02 Å². The molecule has 1 atom stereocenters. The van der Waals surface area contributed by atoms with Crippen molar-refractivity contribution in [3.05, 3.63) is 76.9 Å². The quantitative estimate of drug-likeness (QED) is 0.680. The molecule has 0 spiro atoms. The molecular weight excluding hydrogens is 386 g/mol. The average molecular weight is 406 g/mol. The molecule has 29 heavy (non-hydrogen) atoms. The molecule has 0 bridgehead atoms. The predicted molar refractivity (Wildman–Crippen MR) is 113 cm³/mol. The van der Waals surface area contributed by atoms with Crippen molar-refractivity contribution in [1.82, 2.24) is 4.98 Å². The zero-order chi connectivity index (χ0) is 20.2. The normalized spacial score (nSPS) is 15.9. The molecule has 5 nitrogen and oxygen atoms in total. The molecular formula is C23H20ClN3O2. The summed E-state index contributed by atoms with van der Waals surface area (Å²) in [4.78, 5) is 6.41. The number of hydrogen-bond acceptors (Lipinski definition) is 5. The number of aliphatic hydroxyl groups is 1. The number of rotatable bonds is 5. The second kappa shape index (κ2) is 8.52. The first-order valence-corrected chi connectivity index (χ1v) is 9.82. The van der Waals surface area contributed by atoms with Gasteiger partial charge in [0.2, 0.25) is 5.88 Å². The summed E-state index contributed by atoms with van der Waals surface area (Å²) in [5, 5.41) is 19.9. The van der Waals surface area contributed by atoms with Crippen molar-refractivity contribution in [2.24, 2.45) is 0 Å². The molecule has 2 heterocycles. The molecule has 146 valence electrons. The second-order valence-corrected chi connectivity index (χ2v) is 7.38. The Labute approximate surface area is 174 Å². The molecule has 0 unspecified atom stereocenters. The van der Waals surface area contributed by atoms with Crippen LogP contribution in [0.25, 0.3) is 11.1 Å². The Bertz CT molecular complexity index is 1050. The number of pyridine rings is 1. The molecule has 1 fully saturated rings. The minimum atomic E-state index is -0.0708. The first-order chi connectivity index (χ1) is 14.2. The number of anilines is 1. The molecule has 1 aromatic heterocycles. The second-order valence-electron chi connectivity index (χ2n) is 6.95. The molecule has 3 aromatic rings. The van der Waals surface area contributed by atoms with E-state index in [-0.39, 0.29) is 12.7 Å². The SMILES string of the molecule is N#Cc1ccccc1-c1ccc(N2CC[C@H](Oc3ccc(Cl)cn3)C2)c(CO)c1. The van der Waals surface area contributed by atoms with Crippen LogP contribution in [-0.2, 0) is 6.61 Å². The summed E-state index contributed by atoms with van der Waals surface area (Å²) < 4.78 is 5.97. The van der Waals surface area contributed by atoms with Gasteiger partial charge in [0.15, 0.2) is 0 Å². The van der Waals surface area contributed by atoms with E-state index < -0.39 is 0 Å². The van der Waals surface area contributed by atoms with Crippen LogP contribution in [0.15, 0.2) is 60.8 Å². The molecule has 1 aliphatic heterocycles. The average Bonchev–Trinajstić information content (AvgIpc) is 3.23. The van der Waals surface area contributed by atoms with Crippen molar-refractivity contribution in [3.8, 4) is 23.1 Å². The molecule has 1 aliphatic rings. The predicted octanol–water partition coefficient (Wildman–Crippen LogP) is 4.42. The zero-order valence-electron chi connectivity index (χ0n) is 15.8. The Morgan fingerprint density at radius 1 is 1.21 bits per heavy atom. The summed E-state index contributed by atoms with van der Waals surface area (Å²) in [6.07, 6.45) is 2.47. The van der Waals surface area contributed by atoms with E-state index in [2.05, 4.69) is 16.0 Å². The van der Waals surface area contributed by atoms with Crippen LogP contribution in [-0.4, -0.2) is 29.3 Å². The molecule has 6 heteroatoms. The number of nitrogens with zero attached hydrogens (tertiary/aromatic N) is 3. The molecule has 1 saturated heterocycles. The fourth-order valence-electron chi connectivity index (χ4n) is 3.67. The van der Waals surface area contributed by atoms with Crippen molar-refractivity contribution in [1.29, 1.82) is 5.26 Å². The van der Waals surface area contributed by atoms with Gasteiger partial charge in [0.1, 0.15) is 6.10 Å². The summed E-state index contributed by atoms with van der Waals surface area (Å²) in [5.74, 6) is 0.562. The van der Waals surface area contributed by atoms with E-state index in [0.717, 1.165) is 35.3 Å². The lowest BCUT2D eigenvalue weighted by Crippen LogP contribution is -2.25. The molecule has 0 saturated carbocycles. The van der Waals surface area contributed by atoms with Crippen LogP contribution in [0.4, 0.5) is 5.69 Å². The van der Waals surface area contributed by atoms with E-state index >= 15 is 0 Å². The third-order valence-corrected chi connectivity index (χ3v) is 5.31. The van der Waals surface area contributed by atoms with Crippen LogP contribution in [0, 0.1) is 11.3 Å². The number of benzene rings is 2. The minimum absolute atomic E-state index is 0.0224. The zero-order valence-corrected chi connectivity index (χ0v) is 16.5. The number of ether oxygens (including phenoxy) is 1. The van der Waals surface area contributed by atoms with E-state index in [1.165, 1.54) is 0 Å². The highest BCUT2D eigenvalue weighted by Crippen LogP contribution is 2.32. The Balaban J connectivity index is 1.53. The van der Waals surface area contributed by atoms with E-state index in [9.17, 15) is 10.4 Å². The fraction of sp³-hybridized carbons (Fsp3) is 0.217. The van der Waals surface area contributed by atoms with Gasteiger partial charge in [0, 0.05) is 36.5 Å². The van der Waals surface area contributed by atoms with Gasteiger partial charge in [-0.05, 0) is 35.4 Å². The third kappa shape index (κ3) is 4.19. The maximum absolute atomic E-state index is 9.96. The first-order valence-electron chi connectivity index (χ1n) is 9.44. The van der Waals surface area contributed by atoms with Gasteiger partial charge >= 0.3 is 0 Å². The lowest BCUT2D eigenvalue weighted by atomic mass is 9.98. The monoisotopic (exact) mass is 405 g/mol. The summed E-state index contributed by atoms with van der Waals surface area (Å²) in [5.41, 5.74) is 4.23. The number of aromatic nitrogens is 1. The largest absolute Gasteiger partial charge is 0.472 e. The van der Waals surface area contributed by atoms with Crippen LogP contribution < -0.4 is 9.64 Å². The molecule has 0 aliphatic carbocycles. The van der Waals surface area contributed by atoms with Crippen LogP contribution in [0.1, 0.15) is 17.5 Å². The molecule has 0 amide bonds. The smallest absolute Gasteiger partial charge is 0.213 e. The summed E-state index contributed by atoms with van der Waals surface area (Å²) in [7, 11) is 0. The number of hydrogen-bond donors (Lipinski definition) is 1. The van der Waals surface area contributed by atoms with Crippen molar-refractivity contribution < 1.29 is 9.84 Å². The summed E-state index contributed by atoms with van der Waals surface area (Å²) in [6, 6.07) is 19.2. The number of nitriles is 1. The highest BCUT2D eigenvalue weighted by Gasteiger charge is 2.26. The topological polar surface area (TPSA) is 69.4 Å². The lowest BCUT2D eigenvalue weighted by Gasteiger charge is -2.22. The Kier molecular flexibility index (Phi) is 5.66. The van der Waals surface area contributed by atoms with Gasteiger partial charge in [0.05, 0.1) is 29.8 Å². The van der Waals surface area contributed by atoms with Gasteiger partial charge in [-0.1, -0.05) is 35.9 Å². The highest BCUT2D eigenvalue weighted by atomic mass is 35.5. The van der Waals surface area contributed by atoms with Gasteiger partial charge in [-0.3, -0.25) is 0 Å². The highest BCUT2D eigenvalue weighted by molar-refractivity contribution is 6.30. The minimum Gasteiger partial charge on any atom is -0.472 e. The standard InChI is InChI=1S/C23H20ClN3O2/c24-19-6-8-23(26-13-19)29-20-9-10-27(14-20)22-7-5-16(11-18(22)15-28)21-4-2-1-3-17(21)12-25/h1-8,11,13,20,28H,9-10,14-15H2/t20-/m0/s1. The molecule has 0 radical (unpaired) electrons. The van der Waals surface area contributed by atoms with Crippen molar-refractivity contribution >= 4 is 17.3 Å². The van der Waals surface area contributed by atoms with Crippen molar-refractivity contribution in [2.75, 3.05) is 18.0 Å². The van der Waals surface area contributed by atoms with Gasteiger partial charge in [-0.2, -0.15) is 5.26 Å². The number of halogens is 1. The fourth-order valence-corrected chi connectivity index (χ4v) is 3.78. The molecule has 2 aromatic carbocycles. The van der Waals surface area contributed by atoms with E-state index in [4.69, 9.17) is 16.3 Å². The first kappa shape index (κ1) is 19.3. The van der Waals surface area contributed by atoms with E-state index in [1.54, 1.807) is 24.4 Å². The van der Waals surface area contributed by atoms with E-state index in [1.807, 2.05) is 36.4 Å². The van der Waals surface area contributed by atoms with Crippen LogP contribution >= 0.6 is 11.6 Å². The summed E-state index contributed by atoms with van der Waals surface area (Å²) in [6.45, 7) is 1.48. The van der Waals surface area contributed by atoms with Crippen molar-refractivity contribution in [2.45, 2.75) is 19.1 Å². The Morgan fingerprint density at radius 3 is 2.83 bits per heavy atom. The van der Waals surface area contributed by atoms with Gasteiger partial charge in [-0.15, -0.1) is 0 Å². The Hall–Kier alpha value is -3.07. The molecule has 1 N–H and O–H groups in total. The third-order valence-electron chi connectivity index (χ3n) is 5.08.